The number of carboxylic acid groups (broad SMARTS) is 1. The van der Waals surface area contributed by atoms with Gasteiger partial charge in [0.05, 0.1) is 5.56 Å². The number of phenols is 1. The van der Waals surface area contributed by atoms with E-state index in [1.54, 1.807) is 18.2 Å². The molecule has 0 bridgehead atoms. The normalized spacial score (nSPS) is 11.1. The van der Waals surface area contributed by atoms with E-state index in [0.29, 0.717) is 40.7 Å². The van der Waals surface area contributed by atoms with Gasteiger partial charge in [0, 0.05) is 40.8 Å². The highest BCUT2D eigenvalue weighted by molar-refractivity contribution is 6.09. The Kier molecular flexibility index (Phi) is 7.12. The molecule has 1 heterocycles. The van der Waals surface area contributed by atoms with Gasteiger partial charge < -0.3 is 25.7 Å². The van der Waals surface area contributed by atoms with Crippen molar-refractivity contribution in [3.8, 4) is 28.2 Å². The van der Waals surface area contributed by atoms with Gasteiger partial charge in [-0.05, 0) is 67.4 Å². The molecule has 1 amide bonds. The average molecular weight is 475 g/mol. The summed E-state index contributed by atoms with van der Waals surface area (Å²) in [7, 11) is 0. The maximum atomic E-state index is 12.8. The van der Waals surface area contributed by atoms with Crippen LogP contribution in [0.5, 0.6) is 5.75 Å². The minimum atomic E-state index is -1.16. The van der Waals surface area contributed by atoms with Crippen molar-refractivity contribution in [3.63, 3.8) is 0 Å². The fourth-order valence-corrected chi connectivity index (χ4v) is 4.16. The van der Waals surface area contributed by atoms with Crippen LogP contribution in [0, 0.1) is 0 Å². The van der Waals surface area contributed by atoms with Gasteiger partial charge in [-0.1, -0.05) is 12.8 Å². The van der Waals surface area contributed by atoms with Crippen LogP contribution in [0.3, 0.4) is 0 Å². The molecule has 1 aliphatic heterocycles. The zero-order valence-corrected chi connectivity index (χ0v) is 19.0. The largest absolute Gasteiger partial charge is 0.508 e. The summed E-state index contributed by atoms with van der Waals surface area (Å²) >= 11 is 0. The van der Waals surface area contributed by atoms with Crippen molar-refractivity contribution in [2.45, 2.75) is 25.7 Å². The van der Waals surface area contributed by atoms with Crippen molar-refractivity contribution < 1.29 is 24.2 Å². The van der Waals surface area contributed by atoms with Gasteiger partial charge in [-0.25, -0.2) is 4.79 Å². The van der Waals surface area contributed by atoms with Crippen LogP contribution < -0.4 is 16.5 Å². The maximum absolute atomic E-state index is 12.8. The third kappa shape index (κ3) is 5.17. The number of phenolic OH excluding ortho intramolecular Hbond substituents is 1. The fourth-order valence-electron chi connectivity index (χ4n) is 4.16. The molecule has 0 atom stereocenters. The summed E-state index contributed by atoms with van der Waals surface area (Å²) in [5.41, 5.74) is 7.14. The second-order valence-corrected chi connectivity index (χ2v) is 8.34. The summed E-state index contributed by atoms with van der Waals surface area (Å²) in [6, 6.07) is 13.2. The Morgan fingerprint density at radius 1 is 0.914 bits per heavy atom. The molecule has 0 fully saturated rings. The number of rotatable bonds is 9. The predicted octanol–water partition coefficient (Wildman–Crippen LogP) is 4.22. The number of benzene rings is 3. The van der Waals surface area contributed by atoms with E-state index in [4.69, 9.17) is 10.2 Å². The lowest BCUT2D eigenvalue weighted by Crippen LogP contribution is -2.24. The number of unbranched alkanes of at least 4 members (excludes halogenated alkanes) is 3. The number of carboxylic acids is 1. The standard InChI is InChI=1S/C27H26N2O6/c28-11-3-1-2-4-12-29-26(32)16-5-8-19(27(33)34)22(13-16)25-20-9-6-17(30)14-23(20)35-24-15-18(31)7-10-21(24)25/h5-10,13-15,30H,1-4,11-12,28H2,(H,29,32)(H,33,34). The Bertz CT molecular complexity index is 1430. The summed E-state index contributed by atoms with van der Waals surface area (Å²) in [6.45, 7) is 1.15. The molecule has 0 aromatic heterocycles. The van der Waals surface area contributed by atoms with Crippen molar-refractivity contribution in [1.82, 2.24) is 5.32 Å². The first-order valence-corrected chi connectivity index (χ1v) is 11.4. The molecule has 2 aromatic rings. The summed E-state index contributed by atoms with van der Waals surface area (Å²) in [6.07, 6.45) is 3.73. The van der Waals surface area contributed by atoms with E-state index < -0.39 is 5.97 Å². The van der Waals surface area contributed by atoms with Gasteiger partial charge in [-0.2, -0.15) is 0 Å². The second-order valence-electron chi connectivity index (χ2n) is 8.34. The minimum Gasteiger partial charge on any atom is -0.508 e. The van der Waals surface area contributed by atoms with Crippen LogP contribution >= 0.6 is 0 Å². The highest BCUT2D eigenvalue weighted by atomic mass is 16.4. The molecule has 5 N–H and O–H groups in total. The summed E-state index contributed by atoms with van der Waals surface area (Å²) in [4.78, 5) is 36.9. The number of hydrogen-bond acceptors (Lipinski definition) is 6. The molecule has 4 rings (SSSR count). The van der Waals surface area contributed by atoms with Gasteiger partial charge in [0.1, 0.15) is 17.1 Å². The average Bonchev–Trinajstić information content (AvgIpc) is 2.83. The van der Waals surface area contributed by atoms with E-state index in [9.17, 15) is 24.6 Å². The lowest BCUT2D eigenvalue weighted by molar-refractivity contribution is 0.0697. The number of aromatic carboxylic acids is 1. The third-order valence-electron chi connectivity index (χ3n) is 5.87. The lowest BCUT2D eigenvalue weighted by Gasteiger charge is -2.17. The molecule has 0 saturated carbocycles. The highest BCUT2D eigenvalue weighted by Gasteiger charge is 2.23. The van der Waals surface area contributed by atoms with E-state index in [1.165, 1.54) is 36.4 Å². The molecule has 1 aliphatic carbocycles. The predicted molar refractivity (Wildman–Crippen MR) is 133 cm³/mol. The van der Waals surface area contributed by atoms with Crippen LogP contribution in [0.4, 0.5) is 0 Å². The monoisotopic (exact) mass is 474 g/mol. The fraction of sp³-hybridized carbons (Fsp3) is 0.222. The Morgan fingerprint density at radius 3 is 2.49 bits per heavy atom. The molecular formula is C27H26N2O6. The van der Waals surface area contributed by atoms with E-state index in [0.717, 1.165) is 25.7 Å². The topological polar surface area (TPSA) is 143 Å². The van der Waals surface area contributed by atoms with Crippen molar-refractivity contribution in [3.05, 3.63) is 75.9 Å². The number of carbonyl (C=O) groups is 2. The van der Waals surface area contributed by atoms with Crippen LogP contribution in [-0.2, 0) is 0 Å². The number of carbonyl (C=O) groups excluding carboxylic acids is 1. The zero-order chi connectivity index (χ0) is 24.9. The first kappa shape index (κ1) is 24.0. The van der Waals surface area contributed by atoms with Crippen molar-refractivity contribution in [2.24, 2.45) is 5.73 Å². The molecule has 35 heavy (non-hydrogen) atoms. The van der Waals surface area contributed by atoms with E-state index >= 15 is 0 Å². The summed E-state index contributed by atoms with van der Waals surface area (Å²) in [5, 5.41) is 23.3. The highest BCUT2D eigenvalue weighted by Crippen LogP contribution is 2.42. The van der Waals surface area contributed by atoms with Crippen LogP contribution in [0.1, 0.15) is 46.4 Å². The molecular weight excluding hydrogens is 448 g/mol. The molecule has 0 spiro atoms. The number of nitrogens with two attached hydrogens (primary N) is 1. The van der Waals surface area contributed by atoms with Crippen molar-refractivity contribution in [1.29, 1.82) is 0 Å². The third-order valence-corrected chi connectivity index (χ3v) is 5.87. The summed E-state index contributed by atoms with van der Waals surface area (Å²) in [5.74, 6) is -1.26. The van der Waals surface area contributed by atoms with Crippen LogP contribution in [0.2, 0.25) is 0 Å². The molecule has 0 unspecified atom stereocenters. The molecule has 8 heteroatoms. The summed E-state index contributed by atoms with van der Waals surface area (Å²) < 4.78 is 5.85. The smallest absolute Gasteiger partial charge is 0.336 e. The number of hydrogen-bond donors (Lipinski definition) is 4. The Morgan fingerprint density at radius 2 is 1.71 bits per heavy atom. The van der Waals surface area contributed by atoms with Gasteiger partial charge in [-0.15, -0.1) is 0 Å². The van der Waals surface area contributed by atoms with E-state index in [2.05, 4.69) is 5.32 Å². The van der Waals surface area contributed by atoms with Crippen LogP contribution in [0.15, 0.2) is 63.8 Å². The molecule has 8 nitrogen and oxygen atoms in total. The number of aromatic hydroxyl groups is 1. The van der Waals surface area contributed by atoms with Gasteiger partial charge in [0.15, 0.2) is 5.43 Å². The van der Waals surface area contributed by atoms with Gasteiger partial charge in [0.2, 0.25) is 0 Å². The molecule has 180 valence electrons. The van der Waals surface area contributed by atoms with E-state index in [1.807, 2.05) is 0 Å². The van der Waals surface area contributed by atoms with Crippen molar-refractivity contribution in [2.75, 3.05) is 13.1 Å². The Balaban J connectivity index is 1.81. The Hall–Kier alpha value is -4.17. The first-order chi connectivity index (χ1) is 16.9. The first-order valence-electron chi connectivity index (χ1n) is 11.4. The Labute approximate surface area is 201 Å². The number of fused-ring (bicyclic) bond motifs is 2. The quantitative estimate of drug-likeness (QED) is 0.210. The van der Waals surface area contributed by atoms with Gasteiger partial charge in [0.25, 0.3) is 5.91 Å². The molecule has 0 radical (unpaired) electrons. The number of amides is 1. The van der Waals surface area contributed by atoms with E-state index in [-0.39, 0.29) is 34.0 Å². The number of nitrogens with one attached hydrogen (secondary N) is 1. The van der Waals surface area contributed by atoms with Crippen LogP contribution in [-0.4, -0.2) is 35.2 Å². The second kappa shape index (κ2) is 10.4. The van der Waals surface area contributed by atoms with Crippen LogP contribution in [0.25, 0.3) is 33.4 Å². The SMILES string of the molecule is NCCCCCCNC(=O)c1ccc(C(=O)O)c(-c2c3ccc(=O)cc-3oc3cc(O)ccc23)c1. The van der Waals surface area contributed by atoms with Gasteiger partial charge >= 0.3 is 5.97 Å². The molecule has 0 saturated heterocycles. The maximum Gasteiger partial charge on any atom is 0.336 e. The minimum absolute atomic E-state index is 0.00332. The lowest BCUT2D eigenvalue weighted by atomic mass is 9.89. The van der Waals surface area contributed by atoms with Crippen molar-refractivity contribution >= 4 is 22.8 Å². The zero-order valence-electron chi connectivity index (χ0n) is 19.0. The molecule has 2 aliphatic rings. The van der Waals surface area contributed by atoms with Gasteiger partial charge in [-0.3, -0.25) is 9.59 Å². The molecule has 2 aromatic carbocycles.